The van der Waals surface area contributed by atoms with Gasteiger partial charge in [-0.25, -0.2) is 0 Å². The average Bonchev–Trinajstić information content (AvgIpc) is 2.59. The molecule has 0 aliphatic carbocycles. The quantitative estimate of drug-likeness (QED) is 0.514. The molecule has 0 spiro atoms. The molecule has 23 heavy (non-hydrogen) atoms. The first-order chi connectivity index (χ1) is 11.2. The lowest BCUT2D eigenvalue weighted by Gasteiger charge is -2.07. The van der Waals surface area contributed by atoms with E-state index >= 15 is 0 Å². The van der Waals surface area contributed by atoms with Crippen LogP contribution in [0.3, 0.4) is 0 Å². The highest BCUT2D eigenvalue weighted by molar-refractivity contribution is 6.35. The number of unbranched alkanes of at least 4 members (excludes halogenated alkanes) is 5. The lowest BCUT2D eigenvalue weighted by molar-refractivity contribution is -0.139. The minimum atomic E-state index is -0.591. The fourth-order valence-electron chi connectivity index (χ4n) is 2.19. The first-order valence-corrected chi connectivity index (χ1v) is 8.36. The van der Waals surface area contributed by atoms with E-state index < -0.39 is 11.8 Å². The first-order valence-electron chi connectivity index (χ1n) is 8.36. The number of rotatable bonds is 10. The summed E-state index contributed by atoms with van der Waals surface area (Å²) in [7, 11) is 1.60. The molecule has 0 heterocycles. The van der Waals surface area contributed by atoms with E-state index in [4.69, 9.17) is 4.74 Å². The van der Waals surface area contributed by atoms with Crippen LogP contribution >= 0.6 is 0 Å². The Morgan fingerprint density at radius 2 is 1.52 bits per heavy atom. The fraction of sp³-hybridized carbons (Fsp3) is 0.556. The standard InChI is InChI=1S/C18H28N2O3/c1-3-4-5-6-7-8-13-19-17(21)18(22)20-14-15-9-11-16(23-2)12-10-15/h9-12H,3-8,13-14H2,1-2H3,(H,19,21)(H,20,22). The highest BCUT2D eigenvalue weighted by atomic mass is 16.5. The summed E-state index contributed by atoms with van der Waals surface area (Å²) in [5.41, 5.74) is 0.919. The third-order valence-electron chi connectivity index (χ3n) is 3.63. The van der Waals surface area contributed by atoms with Gasteiger partial charge in [-0.1, -0.05) is 51.2 Å². The Hall–Kier alpha value is -2.04. The van der Waals surface area contributed by atoms with Gasteiger partial charge in [0, 0.05) is 13.1 Å². The van der Waals surface area contributed by atoms with Gasteiger partial charge < -0.3 is 15.4 Å². The van der Waals surface area contributed by atoms with Crippen molar-refractivity contribution in [3.05, 3.63) is 29.8 Å². The number of hydrogen-bond acceptors (Lipinski definition) is 3. The predicted octanol–water partition coefficient (Wildman–Crippen LogP) is 2.79. The van der Waals surface area contributed by atoms with Crippen molar-refractivity contribution < 1.29 is 14.3 Å². The molecule has 0 bridgehead atoms. The molecule has 2 N–H and O–H groups in total. The van der Waals surface area contributed by atoms with Crippen molar-refractivity contribution in [1.29, 1.82) is 0 Å². The summed E-state index contributed by atoms with van der Waals surface area (Å²) in [6.45, 7) is 3.07. The molecular weight excluding hydrogens is 292 g/mol. The molecule has 0 radical (unpaired) electrons. The molecular formula is C18H28N2O3. The van der Waals surface area contributed by atoms with Gasteiger partial charge in [-0.3, -0.25) is 9.59 Å². The van der Waals surface area contributed by atoms with Crippen LogP contribution in [0.15, 0.2) is 24.3 Å². The minimum absolute atomic E-state index is 0.327. The van der Waals surface area contributed by atoms with Crippen molar-refractivity contribution in [3.8, 4) is 5.75 Å². The summed E-state index contributed by atoms with van der Waals surface area (Å²) in [4.78, 5) is 23.4. The average molecular weight is 320 g/mol. The maximum Gasteiger partial charge on any atom is 0.309 e. The molecule has 0 aliphatic heterocycles. The van der Waals surface area contributed by atoms with E-state index in [0.29, 0.717) is 13.1 Å². The van der Waals surface area contributed by atoms with Gasteiger partial charge in [-0.05, 0) is 24.1 Å². The largest absolute Gasteiger partial charge is 0.497 e. The Kier molecular flexibility index (Phi) is 9.52. The van der Waals surface area contributed by atoms with E-state index in [-0.39, 0.29) is 0 Å². The minimum Gasteiger partial charge on any atom is -0.497 e. The van der Waals surface area contributed by atoms with E-state index in [1.54, 1.807) is 7.11 Å². The predicted molar refractivity (Wildman–Crippen MR) is 91.2 cm³/mol. The number of benzene rings is 1. The molecule has 2 amide bonds. The van der Waals surface area contributed by atoms with Crippen molar-refractivity contribution in [2.45, 2.75) is 52.0 Å². The second-order valence-electron chi connectivity index (χ2n) is 5.55. The van der Waals surface area contributed by atoms with E-state index in [1.807, 2.05) is 24.3 Å². The van der Waals surface area contributed by atoms with Crippen LogP contribution < -0.4 is 15.4 Å². The SMILES string of the molecule is CCCCCCCCNC(=O)C(=O)NCc1ccc(OC)cc1. The number of amides is 2. The zero-order valence-electron chi connectivity index (χ0n) is 14.2. The zero-order valence-corrected chi connectivity index (χ0v) is 14.2. The normalized spacial score (nSPS) is 10.2. The number of hydrogen-bond donors (Lipinski definition) is 2. The van der Waals surface area contributed by atoms with E-state index in [2.05, 4.69) is 17.6 Å². The Balaban J connectivity index is 2.14. The van der Waals surface area contributed by atoms with Gasteiger partial charge in [-0.2, -0.15) is 0 Å². The molecule has 128 valence electrons. The molecule has 0 aromatic heterocycles. The van der Waals surface area contributed by atoms with Crippen LogP contribution in [0.4, 0.5) is 0 Å². The van der Waals surface area contributed by atoms with Gasteiger partial charge in [0.25, 0.3) is 0 Å². The number of carbonyl (C=O) groups excluding carboxylic acids is 2. The highest BCUT2D eigenvalue weighted by Crippen LogP contribution is 2.10. The summed E-state index contributed by atoms with van der Waals surface area (Å²) < 4.78 is 5.07. The summed E-state index contributed by atoms with van der Waals surface area (Å²) >= 11 is 0. The van der Waals surface area contributed by atoms with Crippen molar-refractivity contribution in [1.82, 2.24) is 10.6 Å². The molecule has 0 unspecified atom stereocenters. The highest BCUT2D eigenvalue weighted by Gasteiger charge is 2.11. The molecule has 1 aromatic rings. The van der Waals surface area contributed by atoms with Crippen LogP contribution in [-0.4, -0.2) is 25.5 Å². The van der Waals surface area contributed by atoms with Crippen LogP contribution in [0.25, 0.3) is 0 Å². The van der Waals surface area contributed by atoms with Crippen LogP contribution in [0.1, 0.15) is 51.0 Å². The topological polar surface area (TPSA) is 67.4 Å². The summed E-state index contributed by atoms with van der Waals surface area (Å²) in [5, 5.41) is 5.27. The van der Waals surface area contributed by atoms with Gasteiger partial charge >= 0.3 is 11.8 Å². The van der Waals surface area contributed by atoms with Gasteiger partial charge in [0.2, 0.25) is 0 Å². The van der Waals surface area contributed by atoms with Crippen molar-refractivity contribution in [2.75, 3.05) is 13.7 Å². The summed E-state index contributed by atoms with van der Waals surface area (Å²) in [6.07, 6.45) is 6.93. The Labute approximate surface area is 138 Å². The fourth-order valence-corrected chi connectivity index (χ4v) is 2.19. The maximum atomic E-state index is 11.7. The number of ether oxygens (including phenoxy) is 1. The lowest BCUT2D eigenvalue weighted by Crippen LogP contribution is -2.39. The third-order valence-corrected chi connectivity index (χ3v) is 3.63. The molecule has 0 fully saturated rings. The van der Waals surface area contributed by atoms with Crippen molar-refractivity contribution in [2.24, 2.45) is 0 Å². The Morgan fingerprint density at radius 3 is 2.17 bits per heavy atom. The van der Waals surface area contributed by atoms with Crippen LogP contribution in [0.5, 0.6) is 5.75 Å². The molecule has 0 atom stereocenters. The van der Waals surface area contributed by atoms with Gasteiger partial charge in [-0.15, -0.1) is 0 Å². The molecule has 5 nitrogen and oxygen atoms in total. The number of methoxy groups -OCH3 is 1. The van der Waals surface area contributed by atoms with Crippen LogP contribution in [-0.2, 0) is 16.1 Å². The van der Waals surface area contributed by atoms with E-state index in [0.717, 1.165) is 24.2 Å². The second kappa shape index (κ2) is 11.5. The second-order valence-corrected chi connectivity index (χ2v) is 5.55. The molecule has 5 heteroatoms. The van der Waals surface area contributed by atoms with Crippen LogP contribution in [0, 0.1) is 0 Å². The molecule has 0 saturated heterocycles. The molecule has 1 aromatic carbocycles. The number of carbonyl (C=O) groups is 2. The molecule has 0 saturated carbocycles. The molecule has 0 aliphatic rings. The van der Waals surface area contributed by atoms with Crippen molar-refractivity contribution in [3.63, 3.8) is 0 Å². The van der Waals surface area contributed by atoms with E-state index in [9.17, 15) is 9.59 Å². The Bertz CT molecular complexity index is 472. The van der Waals surface area contributed by atoms with E-state index in [1.165, 1.54) is 25.7 Å². The van der Waals surface area contributed by atoms with Crippen molar-refractivity contribution >= 4 is 11.8 Å². The zero-order chi connectivity index (χ0) is 16.9. The Morgan fingerprint density at radius 1 is 0.913 bits per heavy atom. The lowest BCUT2D eigenvalue weighted by atomic mass is 10.1. The first kappa shape index (κ1) is 19.0. The summed E-state index contributed by atoms with van der Waals surface area (Å²) in [6, 6.07) is 7.35. The summed E-state index contributed by atoms with van der Waals surface area (Å²) in [5.74, 6) is -0.393. The van der Waals surface area contributed by atoms with Crippen LogP contribution in [0.2, 0.25) is 0 Å². The van der Waals surface area contributed by atoms with Gasteiger partial charge in [0.1, 0.15) is 5.75 Å². The third kappa shape index (κ3) is 8.24. The smallest absolute Gasteiger partial charge is 0.309 e. The molecule has 1 rings (SSSR count). The maximum absolute atomic E-state index is 11.7. The number of nitrogens with one attached hydrogen (secondary N) is 2. The monoisotopic (exact) mass is 320 g/mol. The van der Waals surface area contributed by atoms with Gasteiger partial charge in [0.05, 0.1) is 7.11 Å². The van der Waals surface area contributed by atoms with Gasteiger partial charge in [0.15, 0.2) is 0 Å².